The van der Waals surface area contributed by atoms with E-state index in [1.807, 2.05) is 4.90 Å². The lowest BCUT2D eigenvalue weighted by molar-refractivity contribution is -0.134. The van der Waals surface area contributed by atoms with Crippen LogP contribution in [0.25, 0.3) is 0 Å². The number of hydrogen-bond donors (Lipinski definition) is 2. The fraction of sp³-hybridized carbons (Fsp3) is 0.833. The molecule has 3 amide bonds. The fourth-order valence-electron chi connectivity index (χ4n) is 2.55. The van der Waals surface area contributed by atoms with Crippen molar-refractivity contribution in [2.24, 2.45) is 17.1 Å². The zero-order chi connectivity index (χ0) is 12.6. The first-order valence-corrected chi connectivity index (χ1v) is 6.25. The number of urea groups is 1. The number of piperidine rings is 1. The summed E-state index contributed by atoms with van der Waals surface area (Å²) in [6.07, 6.45) is 2.62. The predicted octanol–water partition coefficient (Wildman–Crippen LogP) is 0.692. The molecule has 0 aromatic heterocycles. The van der Waals surface area contributed by atoms with Gasteiger partial charge in [0.25, 0.3) is 0 Å². The number of carbonyl (C=O) groups excluding carboxylic acids is 2. The van der Waals surface area contributed by atoms with Gasteiger partial charge < -0.3 is 16.0 Å². The Kier molecular flexibility index (Phi) is 3.02. The van der Waals surface area contributed by atoms with Crippen molar-refractivity contribution < 1.29 is 9.59 Å². The first kappa shape index (κ1) is 12.2. The van der Waals surface area contributed by atoms with Gasteiger partial charge in [-0.05, 0) is 24.7 Å². The maximum atomic E-state index is 12.1. The normalized spacial score (nSPS) is 27.6. The number of primary amides is 1. The smallest absolute Gasteiger partial charge is 0.312 e. The SMILES string of the molecule is CC1(C)C[C@@H]1C(=O)N1CCC(NC(N)=O)CC1. The van der Waals surface area contributed by atoms with Crippen LogP contribution in [-0.4, -0.2) is 36.0 Å². The van der Waals surface area contributed by atoms with Crippen molar-refractivity contribution in [2.75, 3.05) is 13.1 Å². The second-order valence-corrected chi connectivity index (χ2v) is 5.85. The topological polar surface area (TPSA) is 75.4 Å². The van der Waals surface area contributed by atoms with Gasteiger partial charge in [-0.2, -0.15) is 0 Å². The molecule has 1 saturated carbocycles. The van der Waals surface area contributed by atoms with Crippen LogP contribution in [0, 0.1) is 11.3 Å². The van der Waals surface area contributed by atoms with E-state index in [4.69, 9.17) is 5.73 Å². The molecular weight excluding hydrogens is 218 g/mol. The molecule has 1 atom stereocenters. The van der Waals surface area contributed by atoms with Gasteiger partial charge in [0.05, 0.1) is 0 Å². The van der Waals surface area contributed by atoms with Gasteiger partial charge in [-0.1, -0.05) is 13.8 Å². The second-order valence-electron chi connectivity index (χ2n) is 5.85. The Balaban J connectivity index is 1.79. The second kappa shape index (κ2) is 4.20. The first-order chi connectivity index (χ1) is 7.90. The van der Waals surface area contributed by atoms with Gasteiger partial charge in [-0.15, -0.1) is 0 Å². The maximum Gasteiger partial charge on any atom is 0.312 e. The van der Waals surface area contributed by atoms with E-state index in [0.29, 0.717) is 0 Å². The van der Waals surface area contributed by atoms with Crippen molar-refractivity contribution in [3.8, 4) is 0 Å². The summed E-state index contributed by atoms with van der Waals surface area (Å²) >= 11 is 0. The molecule has 3 N–H and O–H groups in total. The lowest BCUT2D eigenvalue weighted by Gasteiger charge is -2.32. The van der Waals surface area contributed by atoms with Crippen molar-refractivity contribution in [1.82, 2.24) is 10.2 Å². The van der Waals surface area contributed by atoms with Gasteiger partial charge in [0.1, 0.15) is 0 Å². The number of hydrogen-bond acceptors (Lipinski definition) is 2. The van der Waals surface area contributed by atoms with Crippen molar-refractivity contribution >= 4 is 11.9 Å². The molecule has 0 aromatic rings. The molecule has 1 aliphatic heterocycles. The summed E-state index contributed by atoms with van der Waals surface area (Å²) in [7, 11) is 0. The number of likely N-dealkylation sites (tertiary alicyclic amines) is 1. The van der Waals surface area contributed by atoms with Crippen molar-refractivity contribution in [2.45, 2.75) is 39.2 Å². The molecule has 5 nitrogen and oxygen atoms in total. The van der Waals surface area contributed by atoms with E-state index < -0.39 is 6.03 Å². The van der Waals surface area contributed by atoms with E-state index in [-0.39, 0.29) is 23.3 Å². The molecule has 2 fully saturated rings. The van der Waals surface area contributed by atoms with Crippen molar-refractivity contribution in [3.63, 3.8) is 0 Å². The molecule has 0 radical (unpaired) electrons. The Morgan fingerprint density at radius 2 is 1.82 bits per heavy atom. The highest BCUT2D eigenvalue weighted by atomic mass is 16.2. The monoisotopic (exact) mass is 239 g/mol. The van der Waals surface area contributed by atoms with E-state index in [9.17, 15) is 9.59 Å². The van der Waals surface area contributed by atoms with Crippen LogP contribution >= 0.6 is 0 Å². The molecule has 1 heterocycles. The van der Waals surface area contributed by atoms with Crippen LogP contribution in [0.2, 0.25) is 0 Å². The molecule has 2 aliphatic rings. The van der Waals surface area contributed by atoms with Crippen molar-refractivity contribution in [3.05, 3.63) is 0 Å². The van der Waals surface area contributed by atoms with E-state index in [1.54, 1.807) is 0 Å². The lowest BCUT2D eigenvalue weighted by atomic mass is 10.0. The summed E-state index contributed by atoms with van der Waals surface area (Å²) in [5.41, 5.74) is 5.27. The van der Waals surface area contributed by atoms with Crippen LogP contribution in [0.4, 0.5) is 4.79 Å². The summed E-state index contributed by atoms with van der Waals surface area (Å²) in [6.45, 7) is 5.74. The van der Waals surface area contributed by atoms with E-state index in [1.165, 1.54) is 0 Å². The maximum absolute atomic E-state index is 12.1. The minimum absolute atomic E-state index is 0.128. The Bertz CT molecular complexity index is 333. The van der Waals surface area contributed by atoms with E-state index >= 15 is 0 Å². The average molecular weight is 239 g/mol. The fourth-order valence-corrected chi connectivity index (χ4v) is 2.55. The molecule has 17 heavy (non-hydrogen) atoms. The molecule has 0 aromatic carbocycles. The van der Waals surface area contributed by atoms with Gasteiger partial charge in [-0.3, -0.25) is 4.79 Å². The van der Waals surface area contributed by atoms with E-state index in [0.717, 1.165) is 32.4 Å². The average Bonchev–Trinajstić information content (AvgIpc) is 2.87. The Hall–Kier alpha value is -1.26. The summed E-state index contributed by atoms with van der Waals surface area (Å²) in [6, 6.07) is -0.345. The molecule has 96 valence electrons. The number of nitrogens with zero attached hydrogens (tertiary/aromatic N) is 1. The van der Waals surface area contributed by atoms with Gasteiger partial charge in [0.15, 0.2) is 0 Å². The largest absolute Gasteiger partial charge is 0.352 e. The number of rotatable bonds is 2. The minimum atomic E-state index is -0.474. The minimum Gasteiger partial charge on any atom is -0.352 e. The standard InChI is InChI=1S/C12H21N3O2/c1-12(2)7-9(12)10(16)15-5-3-8(4-6-15)14-11(13)17/h8-9H,3-7H2,1-2H3,(H3,13,14,17)/t9-/m1/s1. The zero-order valence-electron chi connectivity index (χ0n) is 10.5. The highest BCUT2D eigenvalue weighted by Gasteiger charge is 2.52. The van der Waals surface area contributed by atoms with Gasteiger partial charge in [-0.25, -0.2) is 4.79 Å². The Morgan fingerprint density at radius 1 is 1.29 bits per heavy atom. The number of amides is 3. The quantitative estimate of drug-likeness (QED) is 0.744. The lowest BCUT2D eigenvalue weighted by Crippen LogP contribution is -2.48. The summed E-state index contributed by atoms with van der Waals surface area (Å²) in [4.78, 5) is 24.8. The van der Waals surface area contributed by atoms with Crippen LogP contribution in [-0.2, 0) is 4.79 Å². The number of nitrogens with two attached hydrogens (primary N) is 1. The number of carbonyl (C=O) groups is 2. The summed E-state index contributed by atoms with van der Waals surface area (Å²) < 4.78 is 0. The third-order valence-electron chi connectivity index (χ3n) is 3.96. The summed E-state index contributed by atoms with van der Waals surface area (Å²) in [5, 5.41) is 2.70. The Labute approximate surface area is 102 Å². The van der Waals surface area contributed by atoms with Gasteiger partial charge >= 0.3 is 6.03 Å². The molecule has 1 saturated heterocycles. The molecular formula is C12H21N3O2. The van der Waals surface area contributed by atoms with Crippen LogP contribution in [0.15, 0.2) is 0 Å². The van der Waals surface area contributed by atoms with Crippen LogP contribution in [0.3, 0.4) is 0 Å². The van der Waals surface area contributed by atoms with Crippen LogP contribution in [0.5, 0.6) is 0 Å². The van der Waals surface area contributed by atoms with Gasteiger partial charge in [0.2, 0.25) is 5.91 Å². The molecule has 1 aliphatic carbocycles. The van der Waals surface area contributed by atoms with Crippen molar-refractivity contribution in [1.29, 1.82) is 0 Å². The molecule has 2 rings (SSSR count). The third kappa shape index (κ3) is 2.70. The highest BCUT2D eigenvalue weighted by Crippen LogP contribution is 2.52. The van der Waals surface area contributed by atoms with Crippen LogP contribution in [0.1, 0.15) is 33.1 Å². The molecule has 0 unspecified atom stereocenters. The summed E-state index contributed by atoms with van der Waals surface area (Å²) in [5.74, 6) is 0.496. The third-order valence-corrected chi connectivity index (χ3v) is 3.96. The molecule has 0 spiro atoms. The van der Waals surface area contributed by atoms with Crippen LogP contribution < -0.4 is 11.1 Å². The Morgan fingerprint density at radius 3 is 2.24 bits per heavy atom. The first-order valence-electron chi connectivity index (χ1n) is 6.25. The predicted molar refractivity (Wildman–Crippen MR) is 64.2 cm³/mol. The van der Waals surface area contributed by atoms with Gasteiger partial charge in [0, 0.05) is 25.0 Å². The highest BCUT2D eigenvalue weighted by molar-refractivity contribution is 5.82. The molecule has 5 heteroatoms. The van der Waals surface area contributed by atoms with E-state index in [2.05, 4.69) is 19.2 Å². The zero-order valence-corrected chi connectivity index (χ0v) is 10.5. The molecule has 0 bridgehead atoms. The number of nitrogens with one attached hydrogen (secondary N) is 1.